The maximum atomic E-state index is 12.9. The normalized spacial score (nSPS) is 14.3. The molecule has 0 aliphatic heterocycles. The summed E-state index contributed by atoms with van der Waals surface area (Å²) in [6.45, 7) is 4.64. The molecule has 0 aromatic carbocycles. The van der Waals surface area contributed by atoms with E-state index in [0.717, 1.165) is 38.5 Å². The molecule has 8 nitrogen and oxygen atoms in total. The van der Waals surface area contributed by atoms with Crippen molar-refractivity contribution in [3.05, 3.63) is 24.3 Å². The fraction of sp³-hybridized carbons (Fsp3) is 0.902. The van der Waals surface area contributed by atoms with Crippen molar-refractivity contribution >= 4 is 13.7 Å². The van der Waals surface area contributed by atoms with Gasteiger partial charge in [0.1, 0.15) is 13.2 Å². The molecular weight excluding hydrogens is 768 g/mol. The van der Waals surface area contributed by atoms with E-state index in [1.54, 1.807) is 6.08 Å². The number of nitrogens with one attached hydrogen (secondary N) is 1. The summed E-state index contributed by atoms with van der Waals surface area (Å²) < 4.78 is 23.2. The summed E-state index contributed by atoms with van der Waals surface area (Å²) >= 11 is 0. The molecule has 0 aliphatic rings. The third-order valence-electron chi connectivity index (χ3n) is 11.7. The molecule has 0 aliphatic carbocycles. The average Bonchev–Trinajstić information content (AvgIpc) is 3.20. The van der Waals surface area contributed by atoms with Gasteiger partial charge in [-0.25, -0.2) is 0 Å². The number of amides is 1. The van der Waals surface area contributed by atoms with Gasteiger partial charge in [-0.05, 0) is 44.9 Å². The monoisotopic (exact) mass is 869 g/mol. The van der Waals surface area contributed by atoms with E-state index in [9.17, 15) is 19.4 Å². The van der Waals surface area contributed by atoms with E-state index in [-0.39, 0.29) is 19.1 Å². The molecular formula is C51H101N2O6P. The molecule has 0 rings (SSSR count). The smallest absolute Gasteiger partial charge is 0.268 e. The molecule has 0 spiro atoms. The summed E-state index contributed by atoms with van der Waals surface area (Å²) in [7, 11) is 1.27. The number of unbranched alkanes of at least 4 members (excludes halogenated alkanes) is 32. The summed E-state index contributed by atoms with van der Waals surface area (Å²) in [5, 5.41) is 13.8. The van der Waals surface area contributed by atoms with Crippen molar-refractivity contribution in [2.24, 2.45) is 0 Å². The van der Waals surface area contributed by atoms with Gasteiger partial charge in [-0.1, -0.05) is 218 Å². The number of aliphatic hydroxyl groups is 1. The molecule has 0 saturated carbocycles. The lowest BCUT2D eigenvalue weighted by Crippen LogP contribution is -2.45. The van der Waals surface area contributed by atoms with E-state index in [2.05, 4.69) is 31.3 Å². The van der Waals surface area contributed by atoms with E-state index < -0.39 is 20.0 Å². The van der Waals surface area contributed by atoms with Gasteiger partial charge >= 0.3 is 0 Å². The van der Waals surface area contributed by atoms with Crippen LogP contribution in [0.4, 0.5) is 0 Å². The van der Waals surface area contributed by atoms with Gasteiger partial charge in [-0.3, -0.25) is 9.36 Å². The van der Waals surface area contributed by atoms with Crippen molar-refractivity contribution in [3.8, 4) is 0 Å². The fourth-order valence-corrected chi connectivity index (χ4v) is 8.28. The van der Waals surface area contributed by atoms with Gasteiger partial charge in [0.05, 0.1) is 39.9 Å². The van der Waals surface area contributed by atoms with Crippen LogP contribution in [-0.2, 0) is 18.4 Å². The molecule has 2 N–H and O–H groups in total. The predicted octanol–water partition coefficient (Wildman–Crippen LogP) is 14.2. The first-order chi connectivity index (χ1) is 29.0. The van der Waals surface area contributed by atoms with Crippen LogP contribution in [0, 0.1) is 0 Å². The Bertz CT molecular complexity index is 1030. The number of hydrogen-bond donors (Lipinski definition) is 2. The van der Waals surface area contributed by atoms with Crippen LogP contribution in [0.1, 0.15) is 245 Å². The SMILES string of the molecule is CCCCCCCCCC/C=C/C(O)C(COP(=O)([O-])OCC[N+](C)(C)C)NC(=O)CCCCCCCCCCCCCC/C=C\CCCCCCCCCCCCCC. The van der Waals surface area contributed by atoms with Crippen LogP contribution in [0.2, 0.25) is 0 Å². The minimum atomic E-state index is -4.58. The van der Waals surface area contributed by atoms with Gasteiger partial charge in [-0.2, -0.15) is 0 Å². The zero-order valence-electron chi connectivity index (χ0n) is 40.4. The van der Waals surface area contributed by atoms with E-state index >= 15 is 0 Å². The Hall–Kier alpha value is -1.02. The van der Waals surface area contributed by atoms with Crippen LogP contribution >= 0.6 is 7.82 Å². The van der Waals surface area contributed by atoms with E-state index in [0.29, 0.717) is 17.4 Å². The Labute approximate surface area is 373 Å². The number of nitrogens with zero attached hydrogens (tertiary/aromatic N) is 1. The number of phosphoric acid groups is 1. The van der Waals surface area contributed by atoms with Crippen molar-refractivity contribution in [1.82, 2.24) is 5.32 Å². The number of allylic oxidation sites excluding steroid dienone is 3. The molecule has 0 saturated heterocycles. The first-order valence-electron chi connectivity index (χ1n) is 25.7. The second-order valence-electron chi connectivity index (χ2n) is 18.9. The summed E-state index contributed by atoms with van der Waals surface area (Å²) in [6.07, 6.45) is 52.5. The van der Waals surface area contributed by atoms with Gasteiger partial charge in [0.15, 0.2) is 0 Å². The zero-order valence-corrected chi connectivity index (χ0v) is 41.3. The Morgan fingerprint density at radius 1 is 0.567 bits per heavy atom. The Morgan fingerprint density at radius 3 is 1.30 bits per heavy atom. The minimum Gasteiger partial charge on any atom is -0.756 e. The largest absolute Gasteiger partial charge is 0.756 e. The molecule has 0 fully saturated rings. The highest BCUT2D eigenvalue weighted by atomic mass is 31.2. The van der Waals surface area contributed by atoms with Gasteiger partial charge in [0, 0.05) is 6.42 Å². The third-order valence-corrected chi connectivity index (χ3v) is 12.6. The number of quaternary nitrogens is 1. The first kappa shape index (κ1) is 59.0. The van der Waals surface area contributed by atoms with Crippen LogP contribution < -0.4 is 10.2 Å². The number of aliphatic hydroxyl groups excluding tert-OH is 1. The van der Waals surface area contributed by atoms with Crippen LogP contribution in [0.15, 0.2) is 24.3 Å². The van der Waals surface area contributed by atoms with Gasteiger partial charge in [0.2, 0.25) is 5.91 Å². The topological polar surface area (TPSA) is 108 Å². The summed E-state index contributed by atoms with van der Waals surface area (Å²) in [4.78, 5) is 25.3. The number of carbonyl (C=O) groups excluding carboxylic acids is 1. The standard InChI is InChI=1S/C51H101N2O6P/c1-6-8-10-12-14-16-18-19-20-21-22-23-24-25-26-27-28-29-30-31-32-33-34-35-37-39-41-43-45-51(55)52-49(48-59-60(56,57)58-47-46-53(3,4)5)50(54)44-42-40-38-36-17-15-13-11-9-7-2/h25-26,42,44,49-50,54H,6-24,27-41,43,45-48H2,1-5H3,(H-,52,55,56,57)/b26-25-,44-42+. The van der Waals surface area contributed by atoms with Gasteiger partial charge in [-0.15, -0.1) is 0 Å². The molecule has 9 heteroatoms. The highest BCUT2D eigenvalue weighted by molar-refractivity contribution is 7.45. The lowest BCUT2D eigenvalue weighted by atomic mass is 10.0. The maximum Gasteiger partial charge on any atom is 0.268 e. The molecule has 0 bridgehead atoms. The zero-order chi connectivity index (χ0) is 44.3. The number of carbonyl (C=O) groups is 1. The number of hydrogen-bond acceptors (Lipinski definition) is 6. The van der Waals surface area contributed by atoms with E-state index in [1.807, 2.05) is 27.2 Å². The molecule has 0 aromatic heterocycles. The molecule has 0 heterocycles. The number of phosphoric ester groups is 1. The Kier molecular flexibility index (Phi) is 42.5. The third kappa shape index (κ3) is 45.0. The van der Waals surface area contributed by atoms with Crippen molar-refractivity contribution in [2.75, 3.05) is 40.9 Å². The van der Waals surface area contributed by atoms with Gasteiger partial charge < -0.3 is 28.8 Å². The molecule has 3 unspecified atom stereocenters. The molecule has 60 heavy (non-hydrogen) atoms. The molecule has 0 aromatic rings. The lowest BCUT2D eigenvalue weighted by molar-refractivity contribution is -0.870. The Morgan fingerprint density at radius 2 is 0.917 bits per heavy atom. The van der Waals surface area contributed by atoms with Crippen LogP contribution in [0.3, 0.4) is 0 Å². The van der Waals surface area contributed by atoms with Crippen molar-refractivity contribution in [3.63, 3.8) is 0 Å². The number of likely N-dealkylation sites (N-methyl/N-ethyl adjacent to an activating group) is 1. The first-order valence-corrected chi connectivity index (χ1v) is 27.2. The quantitative estimate of drug-likeness (QED) is 0.0273. The second kappa shape index (κ2) is 43.2. The predicted molar refractivity (Wildman–Crippen MR) is 256 cm³/mol. The summed E-state index contributed by atoms with van der Waals surface area (Å²) in [5.74, 6) is -0.198. The highest BCUT2D eigenvalue weighted by Gasteiger charge is 2.23. The van der Waals surface area contributed by atoms with Crippen molar-refractivity contribution < 1.29 is 32.9 Å². The van der Waals surface area contributed by atoms with Crippen LogP contribution in [-0.4, -0.2) is 68.5 Å². The average molecular weight is 869 g/mol. The molecule has 0 radical (unpaired) electrons. The van der Waals surface area contributed by atoms with Crippen LogP contribution in [0.5, 0.6) is 0 Å². The molecule has 356 valence electrons. The van der Waals surface area contributed by atoms with Crippen molar-refractivity contribution in [2.45, 2.75) is 257 Å². The maximum absolute atomic E-state index is 12.9. The van der Waals surface area contributed by atoms with Crippen molar-refractivity contribution in [1.29, 1.82) is 0 Å². The summed E-state index contributed by atoms with van der Waals surface area (Å²) in [5.41, 5.74) is 0. The minimum absolute atomic E-state index is 0.000186. The fourth-order valence-electron chi connectivity index (χ4n) is 7.56. The lowest BCUT2D eigenvalue weighted by Gasteiger charge is -2.29. The van der Waals surface area contributed by atoms with E-state index in [4.69, 9.17) is 9.05 Å². The second-order valence-corrected chi connectivity index (χ2v) is 20.3. The molecule has 1 amide bonds. The Balaban J connectivity index is 4.06. The van der Waals surface area contributed by atoms with Crippen LogP contribution in [0.25, 0.3) is 0 Å². The number of rotatable bonds is 47. The summed E-state index contributed by atoms with van der Waals surface area (Å²) in [6, 6.07) is -0.882. The van der Waals surface area contributed by atoms with Gasteiger partial charge in [0.25, 0.3) is 7.82 Å². The molecule has 3 atom stereocenters. The van der Waals surface area contributed by atoms with E-state index in [1.165, 1.54) is 186 Å². The highest BCUT2D eigenvalue weighted by Crippen LogP contribution is 2.38.